The molecule has 2 atom stereocenters. The van der Waals surface area contributed by atoms with Gasteiger partial charge in [0.05, 0.1) is 19.6 Å². The molecule has 0 aliphatic carbocycles. The summed E-state index contributed by atoms with van der Waals surface area (Å²) in [5.41, 5.74) is 0.910. The Bertz CT molecular complexity index is 570. The van der Waals surface area contributed by atoms with E-state index >= 15 is 0 Å². The molecule has 0 amide bonds. The number of carbonyl (C=O) groups excluding carboxylic acids is 1. The molecule has 0 saturated heterocycles. The topological polar surface area (TPSA) is 54.0 Å². The van der Waals surface area contributed by atoms with Gasteiger partial charge < -0.3 is 18.9 Å². The molecule has 0 aromatic heterocycles. The number of halogens is 1. The lowest BCUT2D eigenvalue weighted by atomic mass is 9.95. The fraction of sp³-hybridized carbons (Fsp3) is 0.438. The Morgan fingerprint density at radius 3 is 2.86 bits per heavy atom. The summed E-state index contributed by atoms with van der Waals surface area (Å²) < 4.78 is 22.2. The summed E-state index contributed by atoms with van der Waals surface area (Å²) in [5.74, 6) is 1.19. The SMILES string of the molecule is COC(=O)CC=C[C@@H](C)[C@H](OC)c1c(Br)ccc2c1OCO2. The number of hydrogen-bond acceptors (Lipinski definition) is 5. The number of fused-ring (bicyclic) bond motifs is 1. The van der Waals surface area contributed by atoms with Crippen LogP contribution in [0, 0.1) is 5.92 Å². The van der Waals surface area contributed by atoms with Gasteiger partial charge >= 0.3 is 5.97 Å². The average molecular weight is 371 g/mol. The minimum atomic E-state index is -0.268. The van der Waals surface area contributed by atoms with Gasteiger partial charge in [-0.25, -0.2) is 0 Å². The van der Waals surface area contributed by atoms with Crippen LogP contribution in [0.2, 0.25) is 0 Å². The van der Waals surface area contributed by atoms with E-state index in [9.17, 15) is 4.79 Å². The standard InChI is InChI=1S/C16H19BrO5/c1-10(5-4-6-13(18)19-2)15(20-3)14-11(17)7-8-12-16(14)22-9-21-12/h4-5,7-8,10,15H,6,9H2,1-3H3/t10-,15+/m1/s1. The highest BCUT2D eigenvalue weighted by atomic mass is 79.9. The highest BCUT2D eigenvalue weighted by Gasteiger charge is 2.28. The van der Waals surface area contributed by atoms with Crippen molar-refractivity contribution in [3.8, 4) is 11.5 Å². The Hall–Kier alpha value is -1.53. The maximum Gasteiger partial charge on any atom is 0.309 e. The Labute approximate surface area is 138 Å². The number of esters is 1. The second-order valence-electron chi connectivity index (χ2n) is 4.92. The zero-order chi connectivity index (χ0) is 16.1. The minimum Gasteiger partial charge on any atom is -0.469 e. The molecule has 0 radical (unpaired) electrons. The van der Waals surface area contributed by atoms with E-state index in [0.717, 1.165) is 10.0 Å². The van der Waals surface area contributed by atoms with Crippen LogP contribution in [0.5, 0.6) is 11.5 Å². The summed E-state index contributed by atoms with van der Waals surface area (Å²) in [6, 6.07) is 3.78. The smallest absolute Gasteiger partial charge is 0.309 e. The first kappa shape index (κ1) is 16.8. The minimum absolute atomic E-state index is 0.0432. The van der Waals surface area contributed by atoms with Gasteiger partial charge in [-0.15, -0.1) is 0 Å². The number of rotatable bonds is 6. The van der Waals surface area contributed by atoms with Crippen molar-refractivity contribution < 1.29 is 23.7 Å². The van der Waals surface area contributed by atoms with Crippen molar-refractivity contribution in [1.82, 2.24) is 0 Å². The lowest BCUT2D eigenvalue weighted by Gasteiger charge is -2.23. The zero-order valence-electron chi connectivity index (χ0n) is 12.8. The van der Waals surface area contributed by atoms with Gasteiger partial charge in [-0.1, -0.05) is 35.0 Å². The molecule has 5 nitrogen and oxygen atoms in total. The van der Waals surface area contributed by atoms with Crippen molar-refractivity contribution >= 4 is 21.9 Å². The van der Waals surface area contributed by atoms with Gasteiger partial charge in [-0.3, -0.25) is 4.79 Å². The van der Waals surface area contributed by atoms with Crippen molar-refractivity contribution in [2.75, 3.05) is 21.0 Å². The molecule has 0 fully saturated rings. The number of ether oxygens (including phenoxy) is 4. The van der Waals surface area contributed by atoms with E-state index in [-0.39, 0.29) is 31.2 Å². The maximum atomic E-state index is 11.2. The molecule has 0 bridgehead atoms. The molecule has 1 aliphatic heterocycles. The van der Waals surface area contributed by atoms with Gasteiger partial charge in [0.25, 0.3) is 0 Å². The predicted octanol–water partition coefficient (Wildman–Crippen LogP) is 3.62. The molecule has 22 heavy (non-hydrogen) atoms. The van der Waals surface area contributed by atoms with Crippen LogP contribution in [0.3, 0.4) is 0 Å². The lowest BCUT2D eigenvalue weighted by molar-refractivity contribution is -0.139. The van der Waals surface area contributed by atoms with E-state index < -0.39 is 0 Å². The van der Waals surface area contributed by atoms with Gasteiger partial charge in [0.15, 0.2) is 11.5 Å². The number of benzene rings is 1. The Morgan fingerprint density at radius 1 is 1.41 bits per heavy atom. The first-order chi connectivity index (χ1) is 10.6. The Balaban J connectivity index is 2.21. The van der Waals surface area contributed by atoms with Crippen molar-refractivity contribution in [2.24, 2.45) is 5.92 Å². The van der Waals surface area contributed by atoms with E-state index in [2.05, 4.69) is 20.7 Å². The first-order valence-electron chi connectivity index (χ1n) is 6.92. The summed E-state index contributed by atoms with van der Waals surface area (Å²) in [4.78, 5) is 11.2. The monoisotopic (exact) mass is 370 g/mol. The Kier molecular flexibility index (Phi) is 5.85. The molecule has 2 rings (SSSR count). The third-order valence-corrected chi connectivity index (χ3v) is 4.18. The second kappa shape index (κ2) is 7.65. The summed E-state index contributed by atoms with van der Waals surface area (Å²) in [5, 5.41) is 0. The fourth-order valence-corrected chi connectivity index (χ4v) is 2.93. The van der Waals surface area contributed by atoms with Crippen LogP contribution in [0.4, 0.5) is 0 Å². The van der Waals surface area contributed by atoms with Crippen LogP contribution in [0.25, 0.3) is 0 Å². The van der Waals surface area contributed by atoms with E-state index in [1.54, 1.807) is 13.2 Å². The molecule has 6 heteroatoms. The second-order valence-corrected chi connectivity index (χ2v) is 5.77. The van der Waals surface area contributed by atoms with Crippen molar-refractivity contribution in [3.63, 3.8) is 0 Å². The number of carbonyl (C=O) groups is 1. The molecular weight excluding hydrogens is 352 g/mol. The van der Waals surface area contributed by atoms with E-state index in [4.69, 9.17) is 14.2 Å². The summed E-state index contributed by atoms with van der Waals surface area (Å²) >= 11 is 3.55. The van der Waals surface area contributed by atoms with Crippen LogP contribution >= 0.6 is 15.9 Å². The molecule has 1 aromatic carbocycles. The number of hydrogen-bond donors (Lipinski definition) is 0. The average Bonchev–Trinajstić information content (AvgIpc) is 2.98. The molecule has 0 N–H and O–H groups in total. The summed E-state index contributed by atoms with van der Waals surface area (Å²) in [6.45, 7) is 2.23. The van der Waals surface area contributed by atoms with Crippen molar-refractivity contribution in [1.29, 1.82) is 0 Å². The summed E-state index contributed by atoms with van der Waals surface area (Å²) in [6.07, 6.45) is 3.74. The van der Waals surface area contributed by atoms with Gasteiger partial charge in [0.1, 0.15) is 0 Å². The number of methoxy groups -OCH3 is 2. The normalized spacial score (nSPS) is 15.8. The third kappa shape index (κ3) is 3.62. The first-order valence-corrected chi connectivity index (χ1v) is 7.72. The molecule has 1 aliphatic rings. The molecule has 1 aromatic rings. The maximum absolute atomic E-state index is 11.2. The van der Waals surface area contributed by atoms with Gasteiger partial charge in [-0.2, -0.15) is 0 Å². The van der Waals surface area contributed by atoms with Gasteiger partial charge in [-0.05, 0) is 12.1 Å². The third-order valence-electron chi connectivity index (χ3n) is 3.49. The molecule has 0 unspecified atom stereocenters. The van der Waals surface area contributed by atoms with Crippen molar-refractivity contribution in [2.45, 2.75) is 19.4 Å². The molecule has 0 spiro atoms. The highest BCUT2D eigenvalue weighted by molar-refractivity contribution is 9.10. The van der Waals surface area contributed by atoms with E-state index in [1.165, 1.54) is 7.11 Å². The fourth-order valence-electron chi connectivity index (χ4n) is 2.39. The molecule has 0 saturated carbocycles. The quantitative estimate of drug-likeness (QED) is 0.565. The summed E-state index contributed by atoms with van der Waals surface area (Å²) in [7, 11) is 3.02. The van der Waals surface area contributed by atoms with E-state index in [1.807, 2.05) is 25.1 Å². The van der Waals surface area contributed by atoms with Crippen LogP contribution in [-0.2, 0) is 14.3 Å². The predicted molar refractivity (Wildman–Crippen MR) is 85.0 cm³/mol. The van der Waals surface area contributed by atoms with Crippen molar-refractivity contribution in [3.05, 3.63) is 34.3 Å². The van der Waals surface area contributed by atoms with Gasteiger partial charge in [0, 0.05) is 23.1 Å². The van der Waals surface area contributed by atoms with Crippen LogP contribution in [0.15, 0.2) is 28.8 Å². The van der Waals surface area contributed by atoms with Gasteiger partial charge in [0.2, 0.25) is 6.79 Å². The van der Waals surface area contributed by atoms with Crippen LogP contribution < -0.4 is 9.47 Å². The lowest BCUT2D eigenvalue weighted by Crippen LogP contribution is -2.12. The van der Waals surface area contributed by atoms with Crippen LogP contribution in [0.1, 0.15) is 25.0 Å². The van der Waals surface area contributed by atoms with Crippen LogP contribution in [-0.4, -0.2) is 27.0 Å². The van der Waals surface area contributed by atoms with E-state index in [0.29, 0.717) is 11.5 Å². The largest absolute Gasteiger partial charge is 0.469 e. The molecular formula is C16H19BrO5. The highest BCUT2D eigenvalue weighted by Crippen LogP contribution is 2.45. The zero-order valence-corrected chi connectivity index (χ0v) is 14.4. The molecule has 120 valence electrons. The molecule has 1 heterocycles. The Morgan fingerprint density at radius 2 is 2.18 bits per heavy atom.